The summed E-state index contributed by atoms with van der Waals surface area (Å²) in [7, 11) is 0. The minimum atomic E-state index is -0.712. The Morgan fingerprint density at radius 3 is 2.48 bits per heavy atom. The second-order valence-corrected chi connectivity index (χ2v) is 5.26. The molecule has 3 rings (SSSR count). The molecule has 0 saturated carbocycles. The number of hydrogen-bond acceptors (Lipinski definition) is 3. The summed E-state index contributed by atoms with van der Waals surface area (Å²) in [6, 6.07) is 5.82. The first-order chi connectivity index (χ1) is 10.1. The number of nitrogens with one attached hydrogen (secondary N) is 1. The van der Waals surface area contributed by atoms with Gasteiger partial charge in [-0.25, -0.2) is 8.78 Å². The van der Waals surface area contributed by atoms with Crippen molar-refractivity contribution in [2.24, 2.45) is 0 Å². The number of benzene rings is 1. The molecule has 0 spiro atoms. The molecular formula is C14H9BrF2N4. The predicted molar refractivity (Wildman–Crippen MR) is 79.3 cm³/mol. The van der Waals surface area contributed by atoms with Crippen LogP contribution in [-0.4, -0.2) is 15.2 Å². The van der Waals surface area contributed by atoms with Crippen LogP contribution in [0.15, 0.2) is 41.1 Å². The molecule has 0 saturated heterocycles. The van der Waals surface area contributed by atoms with Gasteiger partial charge >= 0.3 is 0 Å². The van der Waals surface area contributed by atoms with Gasteiger partial charge in [0.25, 0.3) is 0 Å². The molecule has 0 radical (unpaired) electrons. The van der Waals surface area contributed by atoms with E-state index in [1.165, 1.54) is 12.1 Å². The standard InChI is InChI=1S/C14H9BrF2N4/c15-8-4-9(16)12(10(17)5-8)13-11(14(18)21-20-13)7-2-1-3-19-6-7/h1-6H,(H3,18,20,21). The Labute approximate surface area is 127 Å². The summed E-state index contributed by atoms with van der Waals surface area (Å²) in [4.78, 5) is 3.98. The van der Waals surface area contributed by atoms with Crippen LogP contribution in [0.25, 0.3) is 22.4 Å². The summed E-state index contributed by atoms with van der Waals surface area (Å²) >= 11 is 3.05. The van der Waals surface area contributed by atoms with Crippen molar-refractivity contribution in [2.45, 2.75) is 0 Å². The lowest BCUT2D eigenvalue weighted by atomic mass is 10.0. The summed E-state index contributed by atoms with van der Waals surface area (Å²) in [6.07, 6.45) is 3.15. The Morgan fingerprint density at radius 2 is 1.86 bits per heavy atom. The van der Waals surface area contributed by atoms with Gasteiger partial charge in [-0.2, -0.15) is 5.10 Å². The fourth-order valence-corrected chi connectivity index (χ4v) is 2.52. The maximum atomic E-state index is 14.1. The number of rotatable bonds is 2. The molecule has 0 bridgehead atoms. The summed E-state index contributed by atoms with van der Waals surface area (Å²) < 4.78 is 28.6. The highest BCUT2D eigenvalue weighted by Crippen LogP contribution is 2.37. The molecule has 0 aliphatic carbocycles. The highest BCUT2D eigenvalue weighted by atomic mass is 79.9. The van der Waals surface area contributed by atoms with E-state index in [4.69, 9.17) is 5.73 Å². The first-order valence-corrected chi connectivity index (χ1v) is 6.76. The maximum Gasteiger partial charge on any atom is 0.153 e. The summed E-state index contributed by atoms with van der Waals surface area (Å²) in [6.45, 7) is 0. The van der Waals surface area contributed by atoms with Gasteiger partial charge in [0, 0.05) is 22.4 Å². The van der Waals surface area contributed by atoms with Crippen molar-refractivity contribution >= 4 is 21.7 Å². The van der Waals surface area contributed by atoms with E-state index < -0.39 is 11.6 Å². The van der Waals surface area contributed by atoms with Crippen LogP contribution >= 0.6 is 15.9 Å². The van der Waals surface area contributed by atoms with Gasteiger partial charge in [0.15, 0.2) is 5.82 Å². The molecule has 0 unspecified atom stereocenters. The zero-order valence-corrected chi connectivity index (χ0v) is 12.2. The highest BCUT2D eigenvalue weighted by molar-refractivity contribution is 9.10. The van der Waals surface area contributed by atoms with Gasteiger partial charge in [-0.1, -0.05) is 22.0 Å². The Kier molecular flexibility index (Phi) is 3.42. The minimum absolute atomic E-state index is 0.153. The van der Waals surface area contributed by atoms with Crippen LogP contribution in [-0.2, 0) is 0 Å². The predicted octanol–water partition coefficient (Wildman–Crippen LogP) is 3.76. The lowest BCUT2D eigenvalue weighted by Crippen LogP contribution is -1.94. The molecule has 3 N–H and O–H groups in total. The number of halogens is 3. The van der Waals surface area contributed by atoms with Crippen LogP contribution in [0.2, 0.25) is 0 Å². The Balaban J connectivity index is 2.27. The molecule has 0 aliphatic rings. The van der Waals surface area contributed by atoms with Gasteiger partial charge in [-0.05, 0) is 18.2 Å². The van der Waals surface area contributed by atoms with Gasteiger partial charge in [0.05, 0.1) is 16.8 Å². The number of pyridine rings is 1. The number of nitrogens with zero attached hydrogens (tertiary/aromatic N) is 2. The first kappa shape index (κ1) is 13.7. The molecule has 3 aromatic rings. The van der Waals surface area contributed by atoms with Crippen LogP contribution < -0.4 is 5.73 Å². The number of hydrogen-bond donors (Lipinski definition) is 2. The largest absolute Gasteiger partial charge is 0.382 e. The summed E-state index contributed by atoms with van der Waals surface area (Å²) in [5.41, 5.74) is 6.84. The van der Waals surface area contributed by atoms with Crippen LogP contribution in [0, 0.1) is 11.6 Å². The number of anilines is 1. The number of H-pyrrole nitrogens is 1. The lowest BCUT2D eigenvalue weighted by molar-refractivity contribution is 0.587. The normalized spacial score (nSPS) is 10.8. The molecule has 0 aliphatic heterocycles. The molecule has 7 heteroatoms. The van der Waals surface area contributed by atoms with E-state index in [1.54, 1.807) is 24.5 Å². The average molecular weight is 351 g/mol. The number of aromatic amines is 1. The van der Waals surface area contributed by atoms with Gasteiger partial charge in [0.1, 0.15) is 11.6 Å². The van der Waals surface area contributed by atoms with E-state index in [1.807, 2.05) is 0 Å². The Bertz CT molecular complexity index is 779. The van der Waals surface area contributed by atoms with E-state index in [9.17, 15) is 8.78 Å². The van der Waals surface area contributed by atoms with E-state index in [0.29, 0.717) is 15.6 Å². The van der Waals surface area contributed by atoms with Crippen LogP contribution in [0.1, 0.15) is 0 Å². The SMILES string of the molecule is Nc1n[nH]c(-c2c(F)cc(Br)cc2F)c1-c1cccnc1. The molecule has 21 heavy (non-hydrogen) atoms. The van der Waals surface area contributed by atoms with Crippen LogP contribution in [0.4, 0.5) is 14.6 Å². The fraction of sp³-hybridized carbons (Fsp3) is 0. The molecule has 106 valence electrons. The first-order valence-electron chi connectivity index (χ1n) is 5.97. The number of nitrogens with two attached hydrogens (primary N) is 1. The van der Waals surface area contributed by atoms with Crippen molar-refractivity contribution < 1.29 is 8.78 Å². The van der Waals surface area contributed by atoms with Gasteiger partial charge in [0.2, 0.25) is 0 Å². The molecule has 2 heterocycles. The summed E-state index contributed by atoms with van der Waals surface area (Å²) in [5.74, 6) is -1.27. The maximum absolute atomic E-state index is 14.1. The second kappa shape index (κ2) is 5.25. The third-order valence-corrected chi connectivity index (χ3v) is 3.46. The molecular weight excluding hydrogens is 342 g/mol. The quantitative estimate of drug-likeness (QED) is 0.739. The van der Waals surface area contributed by atoms with Gasteiger partial charge < -0.3 is 5.73 Å². The molecule has 0 amide bonds. The third kappa shape index (κ3) is 2.40. The van der Waals surface area contributed by atoms with Gasteiger partial charge in [-0.15, -0.1) is 0 Å². The van der Waals surface area contributed by atoms with Crippen molar-refractivity contribution in [3.05, 3.63) is 52.8 Å². The van der Waals surface area contributed by atoms with E-state index in [2.05, 4.69) is 31.1 Å². The highest BCUT2D eigenvalue weighted by Gasteiger charge is 2.21. The van der Waals surface area contributed by atoms with Crippen LogP contribution in [0.5, 0.6) is 0 Å². The monoisotopic (exact) mass is 350 g/mol. The average Bonchev–Trinajstić information content (AvgIpc) is 2.80. The van der Waals surface area contributed by atoms with Crippen molar-refractivity contribution in [2.75, 3.05) is 5.73 Å². The smallest absolute Gasteiger partial charge is 0.153 e. The minimum Gasteiger partial charge on any atom is -0.382 e. The number of nitrogen functional groups attached to an aromatic ring is 1. The zero-order valence-electron chi connectivity index (χ0n) is 10.6. The van der Waals surface area contributed by atoms with E-state index in [-0.39, 0.29) is 17.1 Å². The molecule has 0 fully saturated rings. The summed E-state index contributed by atoms with van der Waals surface area (Å²) in [5, 5.41) is 6.45. The zero-order chi connectivity index (χ0) is 15.0. The van der Waals surface area contributed by atoms with E-state index in [0.717, 1.165) is 0 Å². The second-order valence-electron chi connectivity index (χ2n) is 4.34. The molecule has 0 atom stereocenters. The van der Waals surface area contributed by atoms with Gasteiger partial charge in [-0.3, -0.25) is 10.1 Å². The molecule has 4 nitrogen and oxygen atoms in total. The topological polar surface area (TPSA) is 67.6 Å². The van der Waals surface area contributed by atoms with Crippen molar-refractivity contribution in [1.82, 2.24) is 15.2 Å². The Hall–Kier alpha value is -2.28. The van der Waals surface area contributed by atoms with Crippen molar-refractivity contribution in [3.8, 4) is 22.4 Å². The van der Waals surface area contributed by atoms with Crippen LogP contribution in [0.3, 0.4) is 0 Å². The molecule has 1 aromatic carbocycles. The van der Waals surface area contributed by atoms with Crippen molar-refractivity contribution in [1.29, 1.82) is 0 Å². The lowest BCUT2D eigenvalue weighted by Gasteiger charge is -2.07. The molecule has 2 aromatic heterocycles. The third-order valence-electron chi connectivity index (χ3n) is 3.00. The fourth-order valence-electron chi connectivity index (χ4n) is 2.12. The van der Waals surface area contributed by atoms with E-state index >= 15 is 0 Å². The number of aromatic nitrogens is 3. The Morgan fingerprint density at radius 1 is 1.14 bits per heavy atom. The van der Waals surface area contributed by atoms with Crippen molar-refractivity contribution in [3.63, 3.8) is 0 Å².